The summed E-state index contributed by atoms with van der Waals surface area (Å²) in [5.41, 5.74) is 1.43. The van der Waals surface area contributed by atoms with Gasteiger partial charge in [0, 0.05) is 24.5 Å². The molecule has 2 aromatic carbocycles. The number of pyridine rings is 1. The fraction of sp³-hybridized carbons (Fsp3) is 0.100. The number of anilines is 2. The molecule has 3 rings (SSSR count). The highest BCUT2D eigenvalue weighted by atomic mass is 19.2. The van der Waals surface area contributed by atoms with E-state index in [1.54, 1.807) is 24.3 Å². The Kier molecular flexibility index (Phi) is 5.71. The summed E-state index contributed by atoms with van der Waals surface area (Å²) in [4.78, 5) is 16.3. The maximum absolute atomic E-state index is 13.2. The zero-order valence-electron chi connectivity index (χ0n) is 14.2. The van der Waals surface area contributed by atoms with Crippen molar-refractivity contribution >= 4 is 17.4 Å². The Morgan fingerprint density at radius 2 is 1.70 bits per heavy atom. The van der Waals surface area contributed by atoms with Gasteiger partial charge >= 0.3 is 0 Å². The number of nitrogens with one attached hydrogen (secondary N) is 2. The minimum absolute atomic E-state index is 0.153. The molecular weight excluding hydrogens is 355 g/mol. The van der Waals surface area contributed by atoms with E-state index >= 15 is 0 Å². The first-order valence-corrected chi connectivity index (χ1v) is 8.22. The molecule has 1 aromatic heterocycles. The summed E-state index contributed by atoms with van der Waals surface area (Å²) in [6.07, 6.45) is 2.08. The molecule has 138 valence electrons. The Hall–Kier alpha value is -3.35. The van der Waals surface area contributed by atoms with E-state index in [9.17, 15) is 18.0 Å². The molecule has 0 aliphatic carbocycles. The van der Waals surface area contributed by atoms with Crippen molar-refractivity contribution in [1.82, 2.24) is 4.98 Å². The second kappa shape index (κ2) is 8.35. The van der Waals surface area contributed by atoms with Gasteiger partial charge in [-0.25, -0.2) is 18.2 Å². The molecule has 3 aromatic rings. The highest BCUT2D eigenvalue weighted by Crippen LogP contribution is 2.15. The average Bonchev–Trinajstić information content (AvgIpc) is 2.67. The Balaban J connectivity index is 1.53. The fourth-order valence-electron chi connectivity index (χ4n) is 2.40. The lowest BCUT2D eigenvalue weighted by Crippen LogP contribution is -2.13. The minimum Gasteiger partial charge on any atom is -0.370 e. The molecule has 1 amide bonds. The normalized spacial score (nSPS) is 10.5. The SMILES string of the molecule is O=C(Nc1ccc(F)c(F)c1)c1ccc(NCCc2ccc(F)cc2)nc1. The van der Waals surface area contributed by atoms with Gasteiger partial charge in [0.1, 0.15) is 11.6 Å². The van der Waals surface area contributed by atoms with Gasteiger partial charge in [0.15, 0.2) is 11.6 Å². The number of amides is 1. The predicted octanol–water partition coefficient (Wildman–Crippen LogP) is 4.41. The number of benzene rings is 2. The number of carbonyl (C=O) groups excluding carboxylic acids is 1. The summed E-state index contributed by atoms with van der Waals surface area (Å²) < 4.78 is 38.9. The number of nitrogens with zero attached hydrogens (tertiary/aromatic N) is 1. The van der Waals surface area contributed by atoms with Gasteiger partial charge in [-0.1, -0.05) is 12.1 Å². The maximum Gasteiger partial charge on any atom is 0.257 e. The van der Waals surface area contributed by atoms with E-state index < -0.39 is 17.5 Å². The van der Waals surface area contributed by atoms with Gasteiger partial charge in [-0.3, -0.25) is 4.79 Å². The van der Waals surface area contributed by atoms with E-state index in [-0.39, 0.29) is 17.1 Å². The van der Waals surface area contributed by atoms with Crippen molar-refractivity contribution in [2.24, 2.45) is 0 Å². The van der Waals surface area contributed by atoms with Crippen LogP contribution in [0.25, 0.3) is 0 Å². The van der Waals surface area contributed by atoms with Crippen molar-refractivity contribution in [3.63, 3.8) is 0 Å². The van der Waals surface area contributed by atoms with Gasteiger partial charge in [0.25, 0.3) is 5.91 Å². The summed E-state index contributed by atoms with van der Waals surface area (Å²) in [5.74, 6) is -2.18. The Morgan fingerprint density at radius 1 is 0.926 bits per heavy atom. The number of hydrogen-bond acceptors (Lipinski definition) is 3. The molecule has 0 fully saturated rings. The van der Waals surface area contributed by atoms with Crippen LogP contribution in [-0.4, -0.2) is 17.4 Å². The van der Waals surface area contributed by atoms with Crippen LogP contribution < -0.4 is 10.6 Å². The number of carbonyl (C=O) groups is 1. The van der Waals surface area contributed by atoms with Crippen molar-refractivity contribution in [3.8, 4) is 0 Å². The first-order chi connectivity index (χ1) is 13.0. The van der Waals surface area contributed by atoms with Crippen LogP contribution in [0.1, 0.15) is 15.9 Å². The summed E-state index contributed by atoms with van der Waals surface area (Å²) in [6, 6.07) is 12.6. The van der Waals surface area contributed by atoms with E-state index in [0.717, 1.165) is 17.7 Å². The lowest BCUT2D eigenvalue weighted by Gasteiger charge is -2.08. The van der Waals surface area contributed by atoms with Gasteiger partial charge in [0.2, 0.25) is 0 Å². The third kappa shape index (κ3) is 5.07. The van der Waals surface area contributed by atoms with Crippen molar-refractivity contribution in [2.75, 3.05) is 17.2 Å². The van der Waals surface area contributed by atoms with Gasteiger partial charge in [-0.15, -0.1) is 0 Å². The largest absolute Gasteiger partial charge is 0.370 e. The van der Waals surface area contributed by atoms with Crippen molar-refractivity contribution < 1.29 is 18.0 Å². The van der Waals surface area contributed by atoms with E-state index in [1.807, 2.05) is 0 Å². The number of aromatic nitrogens is 1. The lowest BCUT2D eigenvalue weighted by atomic mass is 10.1. The number of hydrogen-bond donors (Lipinski definition) is 2. The summed E-state index contributed by atoms with van der Waals surface area (Å²) in [5, 5.41) is 5.59. The number of halogens is 3. The molecule has 0 spiro atoms. The third-order valence-corrected chi connectivity index (χ3v) is 3.84. The van der Waals surface area contributed by atoms with E-state index in [1.165, 1.54) is 24.4 Å². The molecule has 4 nitrogen and oxygen atoms in total. The minimum atomic E-state index is -1.04. The van der Waals surface area contributed by atoms with Crippen LogP contribution in [0.4, 0.5) is 24.7 Å². The van der Waals surface area contributed by atoms with Gasteiger partial charge in [-0.2, -0.15) is 0 Å². The molecule has 7 heteroatoms. The van der Waals surface area contributed by atoms with Crippen LogP contribution in [0.2, 0.25) is 0 Å². The molecule has 0 saturated heterocycles. The summed E-state index contributed by atoms with van der Waals surface area (Å²) >= 11 is 0. The molecule has 2 N–H and O–H groups in total. The van der Waals surface area contributed by atoms with Crippen LogP contribution in [0.15, 0.2) is 60.8 Å². The molecular formula is C20H16F3N3O. The van der Waals surface area contributed by atoms with Gasteiger partial charge in [-0.05, 0) is 48.4 Å². The number of rotatable bonds is 6. The van der Waals surface area contributed by atoms with E-state index in [4.69, 9.17) is 0 Å². The van der Waals surface area contributed by atoms with Crippen LogP contribution in [0.5, 0.6) is 0 Å². The Labute approximate surface area is 154 Å². The summed E-state index contributed by atoms with van der Waals surface area (Å²) in [7, 11) is 0. The van der Waals surface area contributed by atoms with E-state index in [0.29, 0.717) is 18.8 Å². The zero-order valence-corrected chi connectivity index (χ0v) is 14.2. The quantitative estimate of drug-likeness (QED) is 0.675. The molecule has 1 heterocycles. The molecule has 0 bridgehead atoms. The highest BCUT2D eigenvalue weighted by molar-refractivity contribution is 6.04. The Morgan fingerprint density at radius 3 is 2.37 bits per heavy atom. The summed E-state index contributed by atoms with van der Waals surface area (Å²) in [6.45, 7) is 0.596. The standard InChI is InChI=1S/C20H16F3N3O/c21-15-4-1-13(2-5-15)9-10-24-19-8-3-14(12-25-19)20(27)26-16-6-7-17(22)18(23)11-16/h1-8,11-12H,9-10H2,(H,24,25)(H,26,27). The first kappa shape index (κ1) is 18.4. The molecule has 0 aliphatic rings. The van der Waals surface area contributed by atoms with E-state index in [2.05, 4.69) is 15.6 Å². The maximum atomic E-state index is 13.2. The second-order valence-electron chi connectivity index (χ2n) is 5.82. The van der Waals surface area contributed by atoms with Gasteiger partial charge in [0.05, 0.1) is 5.56 Å². The smallest absolute Gasteiger partial charge is 0.257 e. The topological polar surface area (TPSA) is 54.0 Å². The molecule has 0 atom stereocenters. The van der Waals surface area contributed by atoms with Crippen LogP contribution in [0.3, 0.4) is 0 Å². The van der Waals surface area contributed by atoms with Crippen LogP contribution in [-0.2, 0) is 6.42 Å². The molecule has 0 saturated carbocycles. The average molecular weight is 371 g/mol. The zero-order chi connectivity index (χ0) is 19.2. The molecule has 27 heavy (non-hydrogen) atoms. The fourth-order valence-corrected chi connectivity index (χ4v) is 2.40. The van der Waals surface area contributed by atoms with Gasteiger partial charge < -0.3 is 10.6 Å². The van der Waals surface area contributed by atoms with Crippen LogP contribution in [0, 0.1) is 17.5 Å². The molecule has 0 radical (unpaired) electrons. The van der Waals surface area contributed by atoms with Crippen LogP contribution >= 0.6 is 0 Å². The second-order valence-corrected chi connectivity index (χ2v) is 5.82. The third-order valence-electron chi connectivity index (χ3n) is 3.84. The van der Waals surface area contributed by atoms with Crippen molar-refractivity contribution in [1.29, 1.82) is 0 Å². The first-order valence-electron chi connectivity index (χ1n) is 8.22. The predicted molar refractivity (Wildman–Crippen MR) is 97.1 cm³/mol. The highest BCUT2D eigenvalue weighted by Gasteiger charge is 2.09. The Bertz CT molecular complexity index is 928. The monoisotopic (exact) mass is 371 g/mol. The lowest BCUT2D eigenvalue weighted by molar-refractivity contribution is 0.102. The van der Waals surface area contributed by atoms with Crippen molar-refractivity contribution in [2.45, 2.75) is 6.42 Å². The molecule has 0 unspecified atom stereocenters. The van der Waals surface area contributed by atoms with Crippen molar-refractivity contribution in [3.05, 3.63) is 89.4 Å². The molecule has 0 aliphatic heterocycles.